The van der Waals surface area contributed by atoms with E-state index >= 15 is 0 Å². The summed E-state index contributed by atoms with van der Waals surface area (Å²) in [5, 5.41) is 26.6. The van der Waals surface area contributed by atoms with E-state index in [9.17, 15) is 4.79 Å². The summed E-state index contributed by atoms with van der Waals surface area (Å²) < 4.78 is 10.5. The quantitative estimate of drug-likeness (QED) is 0.673. The van der Waals surface area contributed by atoms with Crippen molar-refractivity contribution in [2.24, 2.45) is 0 Å². The third-order valence-electron chi connectivity index (χ3n) is 2.64. The first-order chi connectivity index (χ1) is 8.60. The molecule has 0 aromatic heterocycles. The van der Waals surface area contributed by atoms with Gasteiger partial charge in [0.2, 0.25) is 0 Å². The lowest BCUT2D eigenvalue weighted by Gasteiger charge is -2.10. The lowest BCUT2D eigenvalue weighted by Crippen LogP contribution is -2.24. The zero-order valence-electron chi connectivity index (χ0n) is 9.57. The second-order valence-corrected chi connectivity index (χ2v) is 4.07. The highest BCUT2D eigenvalue weighted by molar-refractivity contribution is 5.74. The number of hydrogen-bond donors (Lipinski definition) is 3. The van der Waals surface area contributed by atoms with Gasteiger partial charge in [0.15, 0.2) is 6.10 Å². The number of aliphatic carboxylic acids is 1. The maximum Gasteiger partial charge on any atom is 0.345 e. The average Bonchev–Trinajstić information content (AvgIpc) is 2.79. The molecule has 1 aliphatic rings. The minimum absolute atomic E-state index is 0.0301. The molecule has 0 amide bonds. The highest BCUT2D eigenvalue weighted by atomic mass is 16.5. The number of ether oxygens (including phenoxy) is 2. The van der Waals surface area contributed by atoms with Crippen LogP contribution in [0, 0.1) is 0 Å². The van der Waals surface area contributed by atoms with E-state index in [0.29, 0.717) is 17.9 Å². The Labute approximate surface area is 103 Å². The fourth-order valence-corrected chi connectivity index (χ4v) is 1.68. The fraction of sp³-hybridized carbons (Fsp3) is 0.417. The molecule has 0 aliphatic carbocycles. The van der Waals surface area contributed by atoms with E-state index in [1.54, 1.807) is 18.2 Å². The Bertz CT molecular complexity index is 444. The van der Waals surface area contributed by atoms with Crippen molar-refractivity contribution in [1.82, 2.24) is 0 Å². The molecule has 6 heteroatoms. The Hall–Kier alpha value is -1.79. The van der Waals surface area contributed by atoms with E-state index < -0.39 is 18.2 Å². The van der Waals surface area contributed by atoms with Crippen molar-refractivity contribution in [3.8, 4) is 11.5 Å². The fourth-order valence-electron chi connectivity index (χ4n) is 1.68. The highest BCUT2D eigenvalue weighted by Crippen LogP contribution is 2.32. The molecule has 1 heterocycles. The van der Waals surface area contributed by atoms with E-state index in [4.69, 9.17) is 24.8 Å². The molecule has 1 aliphatic heterocycles. The molecule has 6 nitrogen and oxygen atoms in total. The molecule has 0 saturated carbocycles. The molecule has 0 fully saturated rings. The van der Waals surface area contributed by atoms with E-state index in [-0.39, 0.29) is 13.2 Å². The summed E-state index contributed by atoms with van der Waals surface area (Å²) >= 11 is 0. The summed E-state index contributed by atoms with van der Waals surface area (Å²) in [6, 6.07) is 5.00. The van der Waals surface area contributed by atoms with E-state index in [2.05, 4.69) is 0 Å². The second-order valence-electron chi connectivity index (χ2n) is 4.07. The van der Waals surface area contributed by atoms with Crippen LogP contribution >= 0.6 is 0 Å². The van der Waals surface area contributed by atoms with Gasteiger partial charge in [0, 0.05) is 12.5 Å². The highest BCUT2D eigenvalue weighted by Gasteiger charge is 2.28. The van der Waals surface area contributed by atoms with Gasteiger partial charge in [-0.3, -0.25) is 0 Å². The zero-order chi connectivity index (χ0) is 13.1. The molecule has 1 aromatic rings. The molecule has 98 valence electrons. The molecule has 0 radical (unpaired) electrons. The van der Waals surface area contributed by atoms with Crippen molar-refractivity contribution in [1.29, 1.82) is 0 Å². The topological polar surface area (TPSA) is 96.2 Å². The first kappa shape index (κ1) is 12.7. The number of fused-ring (bicyclic) bond motifs is 1. The van der Waals surface area contributed by atoms with Crippen molar-refractivity contribution in [2.45, 2.75) is 18.6 Å². The molecule has 2 atom stereocenters. The summed E-state index contributed by atoms with van der Waals surface area (Å²) in [5.41, 5.74) is 0.817. The van der Waals surface area contributed by atoms with Crippen LogP contribution in [0.25, 0.3) is 0 Å². The van der Waals surface area contributed by atoms with Crippen LogP contribution in [0.2, 0.25) is 0 Å². The maximum absolute atomic E-state index is 10.8. The van der Waals surface area contributed by atoms with Gasteiger partial charge < -0.3 is 24.8 Å². The lowest BCUT2D eigenvalue weighted by molar-refractivity contribution is -0.144. The number of benzene rings is 1. The van der Waals surface area contributed by atoms with Crippen LogP contribution in [-0.2, 0) is 11.2 Å². The van der Waals surface area contributed by atoms with Crippen LogP contribution in [0.15, 0.2) is 18.2 Å². The zero-order valence-corrected chi connectivity index (χ0v) is 9.57. The largest absolute Gasteiger partial charge is 0.491 e. The molecule has 2 rings (SSSR count). The van der Waals surface area contributed by atoms with Gasteiger partial charge in [-0.15, -0.1) is 0 Å². The van der Waals surface area contributed by atoms with Crippen molar-refractivity contribution in [3.05, 3.63) is 23.8 Å². The summed E-state index contributed by atoms with van der Waals surface area (Å²) in [7, 11) is 0. The van der Waals surface area contributed by atoms with Gasteiger partial charge in [-0.2, -0.15) is 0 Å². The molecule has 0 saturated heterocycles. The van der Waals surface area contributed by atoms with Crippen LogP contribution < -0.4 is 9.47 Å². The number of carboxylic acid groups (broad SMARTS) is 1. The minimum Gasteiger partial charge on any atom is -0.491 e. The Morgan fingerprint density at radius 2 is 2.33 bits per heavy atom. The summed E-state index contributed by atoms with van der Waals surface area (Å²) in [6.07, 6.45) is -1.45. The molecule has 1 aromatic carbocycles. The number of aliphatic hydroxyl groups is 2. The van der Waals surface area contributed by atoms with E-state index in [1.807, 2.05) is 0 Å². The first-order valence-electron chi connectivity index (χ1n) is 5.54. The number of rotatable bonds is 5. The van der Waals surface area contributed by atoms with Crippen molar-refractivity contribution < 1.29 is 29.6 Å². The molecular weight excluding hydrogens is 240 g/mol. The van der Waals surface area contributed by atoms with E-state index in [0.717, 1.165) is 5.56 Å². The van der Waals surface area contributed by atoms with Gasteiger partial charge in [0.1, 0.15) is 24.2 Å². The van der Waals surface area contributed by atoms with Gasteiger partial charge in [-0.25, -0.2) is 4.79 Å². The minimum atomic E-state index is -0.996. The Balaban J connectivity index is 2.02. The van der Waals surface area contributed by atoms with Gasteiger partial charge in [0.25, 0.3) is 0 Å². The molecular formula is C12H14O6. The van der Waals surface area contributed by atoms with Crippen LogP contribution in [0.5, 0.6) is 11.5 Å². The average molecular weight is 254 g/mol. The van der Waals surface area contributed by atoms with Crippen molar-refractivity contribution in [2.75, 3.05) is 13.2 Å². The predicted octanol–water partition coefficient (Wildman–Crippen LogP) is -0.193. The molecule has 2 unspecified atom stereocenters. The van der Waals surface area contributed by atoms with Crippen LogP contribution in [0.4, 0.5) is 0 Å². The number of hydrogen-bond acceptors (Lipinski definition) is 5. The molecule has 0 bridgehead atoms. The molecule has 18 heavy (non-hydrogen) atoms. The summed E-state index contributed by atoms with van der Waals surface area (Å²) in [5.74, 6) is -0.0463. The smallest absolute Gasteiger partial charge is 0.345 e. The Morgan fingerprint density at radius 3 is 3.00 bits per heavy atom. The SMILES string of the molecule is O=C(O)C1Cc2ccc(OCC(O)CO)cc2O1. The van der Waals surface area contributed by atoms with Gasteiger partial charge in [-0.1, -0.05) is 6.07 Å². The van der Waals surface area contributed by atoms with Crippen molar-refractivity contribution in [3.63, 3.8) is 0 Å². The monoisotopic (exact) mass is 254 g/mol. The maximum atomic E-state index is 10.8. The van der Waals surface area contributed by atoms with Crippen LogP contribution in [-0.4, -0.2) is 46.7 Å². The van der Waals surface area contributed by atoms with Gasteiger partial charge in [0.05, 0.1) is 6.61 Å². The Kier molecular flexibility index (Phi) is 3.69. The number of carbonyl (C=O) groups is 1. The summed E-state index contributed by atoms with van der Waals surface area (Å²) in [6.45, 7) is -0.403. The van der Waals surface area contributed by atoms with Crippen molar-refractivity contribution >= 4 is 5.97 Å². The standard InChI is InChI=1S/C12H14O6/c13-5-8(14)6-17-9-2-1-7-3-11(12(15)16)18-10(7)4-9/h1-2,4,8,11,13-14H,3,5-6H2,(H,15,16). The summed E-state index contributed by atoms with van der Waals surface area (Å²) in [4.78, 5) is 10.8. The molecule has 3 N–H and O–H groups in total. The van der Waals surface area contributed by atoms with Gasteiger partial charge >= 0.3 is 5.97 Å². The molecule has 0 spiro atoms. The first-order valence-corrected chi connectivity index (χ1v) is 5.54. The van der Waals surface area contributed by atoms with Crippen LogP contribution in [0.3, 0.4) is 0 Å². The predicted molar refractivity (Wildman–Crippen MR) is 60.8 cm³/mol. The van der Waals surface area contributed by atoms with Gasteiger partial charge in [-0.05, 0) is 11.6 Å². The normalized spacial score (nSPS) is 18.9. The lowest BCUT2D eigenvalue weighted by atomic mass is 10.1. The number of carboxylic acids is 1. The van der Waals surface area contributed by atoms with Crippen LogP contribution in [0.1, 0.15) is 5.56 Å². The third kappa shape index (κ3) is 2.72. The third-order valence-corrected chi connectivity index (χ3v) is 2.64. The Morgan fingerprint density at radius 1 is 1.56 bits per heavy atom. The number of aliphatic hydroxyl groups excluding tert-OH is 2. The van der Waals surface area contributed by atoms with E-state index in [1.165, 1.54) is 0 Å². The second kappa shape index (κ2) is 5.24.